The van der Waals surface area contributed by atoms with E-state index in [-0.39, 0.29) is 26.0 Å². The quantitative estimate of drug-likeness (QED) is 0.326. The number of likely N-dealkylation sites (tertiary alicyclic amines) is 1. The molecule has 0 spiro atoms. The highest BCUT2D eigenvalue weighted by Crippen LogP contribution is 2.25. The molecule has 1 aliphatic heterocycles. The van der Waals surface area contributed by atoms with Crippen molar-refractivity contribution in [2.75, 3.05) is 13.7 Å². The van der Waals surface area contributed by atoms with E-state index in [9.17, 15) is 24.0 Å². The van der Waals surface area contributed by atoms with E-state index in [1.807, 2.05) is 6.07 Å². The molecule has 2 rings (SSSR count). The average Bonchev–Trinajstić information content (AvgIpc) is 3.23. The van der Waals surface area contributed by atoms with Crippen molar-refractivity contribution in [3.05, 3.63) is 35.9 Å². The van der Waals surface area contributed by atoms with E-state index in [1.54, 1.807) is 45.0 Å². The molecule has 1 aromatic carbocycles. The molecule has 2 N–H and O–H groups in total. The number of carbonyl (C=O) groups excluding carboxylic acids is 5. The molecule has 11 nitrogen and oxygen atoms in total. The van der Waals surface area contributed by atoms with Crippen LogP contribution in [0.25, 0.3) is 0 Å². The highest BCUT2D eigenvalue weighted by atomic mass is 16.6. The van der Waals surface area contributed by atoms with Crippen molar-refractivity contribution in [1.82, 2.24) is 15.5 Å². The zero-order chi connectivity index (χ0) is 25.3. The van der Waals surface area contributed by atoms with Crippen LogP contribution in [-0.4, -0.2) is 72.6 Å². The molecule has 3 atom stereocenters. The number of hydrogen-bond acceptors (Lipinski definition) is 8. The second-order valence-corrected chi connectivity index (χ2v) is 8.71. The minimum atomic E-state index is -1.33. The molecule has 11 heteroatoms. The van der Waals surface area contributed by atoms with Crippen LogP contribution in [0.15, 0.2) is 30.3 Å². The first-order valence-electron chi connectivity index (χ1n) is 10.8. The molecule has 34 heavy (non-hydrogen) atoms. The number of ether oxygens (including phenoxy) is 3. The lowest BCUT2D eigenvalue weighted by molar-refractivity contribution is -0.153. The Labute approximate surface area is 198 Å². The first kappa shape index (κ1) is 26.6. The van der Waals surface area contributed by atoms with E-state index in [2.05, 4.69) is 10.6 Å². The molecule has 0 bridgehead atoms. The zero-order valence-corrected chi connectivity index (χ0v) is 19.7. The molecule has 186 valence electrons. The van der Waals surface area contributed by atoms with Crippen LogP contribution in [0.1, 0.15) is 39.2 Å². The summed E-state index contributed by atoms with van der Waals surface area (Å²) in [7, 11) is 1.18. The van der Waals surface area contributed by atoms with Crippen LogP contribution in [0.3, 0.4) is 0 Å². The minimum Gasteiger partial charge on any atom is -0.467 e. The van der Waals surface area contributed by atoms with Gasteiger partial charge in [-0.15, -0.1) is 0 Å². The van der Waals surface area contributed by atoms with Gasteiger partial charge in [-0.3, -0.25) is 4.79 Å². The molecule has 3 amide bonds. The van der Waals surface area contributed by atoms with Gasteiger partial charge in [0.1, 0.15) is 30.6 Å². The van der Waals surface area contributed by atoms with E-state index >= 15 is 0 Å². The number of nitrogens with zero attached hydrogens (tertiary/aromatic N) is 1. The van der Waals surface area contributed by atoms with Crippen LogP contribution in [-0.2, 0) is 35.2 Å². The summed E-state index contributed by atoms with van der Waals surface area (Å²) in [6.45, 7) is 4.60. The van der Waals surface area contributed by atoms with Crippen LogP contribution in [0.5, 0.6) is 0 Å². The molecule has 1 heterocycles. The van der Waals surface area contributed by atoms with Crippen molar-refractivity contribution in [2.45, 2.75) is 63.9 Å². The first-order chi connectivity index (χ1) is 16.1. The van der Waals surface area contributed by atoms with E-state index in [1.165, 1.54) is 7.11 Å². The summed E-state index contributed by atoms with van der Waals surface area (Å²) in [5.41, 5.74) is -0.0725. The average molecular weight is 478 g/mol. The number of rotatable bonds is 8. The fourth-order valence-electron chi connectivity index (χ4n) is 3.45. The largest absolute Gasteiger partial charge is 0.467 e. The number of esters is 1. The summed E-state index contributed by atoms with van der Waals surface area (Å²) in [6.07, 6.45) is -0.659. The van der Waals surface area contributed by atoms with Crippen molar-refractivity contribution in [1.29, 1.82) is 0 Å². The molecular weight excluding hydrogens is 446 g/mol. The van der Waals surface area contributed by atoms with E-state index in [0.29, 0.717) is 6.29 Å². The van der Waals surface area contributed by atoms with Gasteiger partial charge in [0, 0.05) is 0 Å². The lowest BCUT2D eigenvalue weighted by Crippen LogP contribution is -2.58. The summed E-state index contributed by atoms with van der Waals surface area (Å²) in [4.78, 5) is 62.7. The number of nitrogens with one attached hydrogen (secondary N) is 2. The number of hydrogen-bond donors (Lipinski definition) is 2. The van der Waals surface area contributed by atoms with Gasteiger partial charge >= 0.3 is 18.2 Å². The van der Waals surface area contributed by atoms with Gasteiger partial charge in [-0.1, -0.05) is 30.3 Å². The molecule has 1 saturated heterocycles. The lowest BCUT2D eigenvalue weighted by Gasteiger charge is -2.31. The highest BCUT2D eigenvalue weighted by molar-refractivity contribution is 5.92. The molecule has 0 radical (unpaired) electrons. The normalized spacial score (nSPS) is 18.4. The summed E-state index contributed by atoms with van der Waals surface area (Å²) >= 11 is 0. The molecule has 1 aromatic rings. The molecule has 0 aliphatic carbocycles. The Bertz CT molecular complexity index is 884. The Kier molecular flexibility index (Phi) is 9.40. The summed E-state index contributed by atoms with van der Waals surface area (Å²) in [5.74, 6) is -1.41. The van der Waals surface area contributed by atoms with Crippen molar-refractivity contribution >= 4 is 30.3 Å². The standard InChI is InChI=1S/C23H31N3O8/c1-23(2,3)34-22(31)25-17(12-24-21(30)33-14-15-8-6-5-7-9-15)19(28)26-16(13-27)10-11-18(26)20(29)32-4/h5-9,13,16-18H,10-12,14H2,1-4H3,(H,24,30)(H,25,31)/t16-,17+,18+/m1/s1. The molecule has 0 unspecified atom stereocenters. The maximum Gasteiger partial charge on any atom is 0.408 e. The second-order valence-electron chi connectivity index (χ2n) is 8.71. The molecular formula is C23H31N3O8. The van der Waals surface area contributed by atoms with Crippen molar-refractivity contribution < 1.29 is 38.2 Å². The van der Waals surface area contributed by atoms with Gasteiger partial charge in [-0.25, -0.2) is 14.4 Å². The van der Waals surface area contributed by atoms with Gasteiger partial charge in [-0.05, 0) is 39.2 Å². The van der Waals surface area contributed by atoms with E-state index in [4.69, 9.17) is 14.2 Å². The van der Waals surface area contributed by atoms with Crippen LogP contribution in [0.4, 0.5) is 9.59 Å². The SMILES string of the molecule is COC(=O)[C@@H]1CC[C@H](C=O)N1C(=O)[C@H](CNC(=O)OCc1ccccc1)NC(=O)OC(C)(C)C. The Morgan fingerprint density at radius 3 is 2.38 bits per heavy atom. The van der Waals surface area contributed by atoms with E-state index < -0.39 is 47.8 Å². The molecule has 0 saturated carbocycles. The third-order valence-electron chi connectivity index (χ3n) is 4.97. The van der Waals surface area contributed by atoms with Gasteiger partial charge in [0.15, 0.2) is 0 Å². The van der Waals surface area contributed by atoms with Gasteiger partial charge in [-0.2, -0.15) is 0 Å². The van der Waals surface area contributed by atoms with Crippen LogP contribution < -0.4 is 10.6 Å². The Morgan fingerprint density at radius 2 is 1.79 bits per heavy atom. The first-order valence-corrected chi connectivity index (χ1v) is 10.8. The highest BCUT2D eigenvalue weighted by Gasteiger charge is 2.44. The smallest absolute Gasteiger partial charge is 0.408 e. The molecule has 0 aromatic heterocycles. The number of benzene rings is 1. The van der Waals surface area contributed by atoms with Crippen LogP contribution >= 0.6 is 0 Å². The Morgan fingerprint density at radius 1 is 1.12 bits per heavy atom. The van der Waals surface area contributed by atoms with E-state index in [0.717, 1.165) is 10.5 Å². The molecule has 1 fully saturated rings. The summed E-state index contributed by atoms with van der Waals surface area (Å²) in [6, 6.07) is 5.81. The third kappa shape index (κ3) is 7.75. The third-order valence-corrected chi connectivity index (χ3v) is 4.97. The van der Waals surface area contributed by atoms with Crippen LogP contribution in [0.2, 0.25) is 0 Å². The fraction of sp³-hybridized carbons (Fsp3) is 0.522. The number of methoxy groups -OCH3 is 1. The maximum absolute atomic E-state index is 13.3. The Hall–Kier alpha value is -3.63. The lowest BCUT2D eigenvalue weighted by atomic mass is 10.2. The Balaban J connectivity index is 2.13. The monoisotopic (exact) mass is 477 g/mol. The van der Waals surface area contributed by atoms with Crippen molar-refractivity contribution in [3.8, 4) is 0 Å². The van der Waals surface area contributed by atoms with Gasteiger partial charge < -0.3 is 34.5 Å². The second kappa shape index (κ2) is 12.0. The van der Waals surface area contributed by atoms with Crippen molar-refractivity contribution in [2.24, 2.45) is 0 Å². The van der Waals surface area contributed by atoms with Crippen molar-refractivity contribution in [3.63, 3.8) is 0 Å². The predicted octanol–water partition coefficient (Wildman–Crippen LogP) is 1.54. The fourth-order valence-corrected chi connectivity index (χ4v) is 3.45. The van der Waals surface area contributed by atoms with Crippen LogP contribution in [0, 0.1) is 0 Å². The summed E-state index contributed by atoms with van der Waals surface area (Å²) in [5, 5.41) is 4.84. The number of aldehydes is 1. The number of amides is 3. The number of carbonyl (C=O) groups is 5. The maximum atomic E-state index is 13.3. The van der Waals surface area contributed by atoms with Gasteiger partial charge in [0.25, 0.3) is 0 Å². The van der Waals surface area contributed by atoms with Gasteiger partial charge in [0.05, 0.1) is 19.7 Å². The topological polar surface area (TPSA) is 140 Å². The predicted molar refractivity (Wildman–Crippen MR) is 120 cm³/mol. The van der Waals surface area contributed by atoms with Gasteiger partial charge in [0.2, 0.25) is 5.91 Å². The minimum absolute atomic E-state index is 0.00847. The summed E-state index contributed by atoms with van der Waals surface area (Å²) < 4.78 is 15.1. The molecule has 1 aliphatic rings. The number of alkyl carbamates (subject to hydrolysis) is 2. The zero-order valence-electron chi connectivity index (χ0n) is 19.7.